The van der Waals surface area contributed by atoms with E-state index in [4.69, 9.17) is 5.73 Å². The smallest absolute Gasteiger partial charge is 0.251 e. The van der Waals surface area contributed by atoms with Gasteiger partial charge >= 0.3 is 0 Å². The maximum Gasteiger partial charge on any atom is 0.251 e. The predicted octanol–water partition coefficient (Wildman–Crippen LogP) is 2.16. The number of primary amides is 1. The molecule has 1 aromatic heterocycles. The quantitative estimate of drug-likeness (QED) is 0.829. The highest BCUT2D eigenvalue weighted by Gasteiger charge is 2.12. The average molecular weight is 212 g/mol. The number of aryl methyl sites for hydroxylation is 1. The molecule has 2 N–H and O–H groups in total. The number of hydrogen-bond donors (Lipinski definition) is 1. The average Bonchev–Trinajstić information content (AvgIpc) is 2.29. The van der Waals surface area contributed by atoms with Crippen molar-refractivity contribution in [1.29, 1.82) is 0 Å². The number of pyridine rings is 1. The van der Waals surface area contributed by atoms with Gasteiger partial charge in [-0.2, -0.15) is 0 Å². The predicted molar refractivity (Wildman–Crippen MR) is 62.9 cm³/mol. The normalized spacial score (nSPS) is 10.1. The summed E-state index contributed by atoms with van der Waals surface area (Å²) < 4.78 is 0. The van der Waals surface area contributed by atoms with Gasteiger partial charge in [-0.05, 0) is 24.1 Å². The second kappa shape index (κ2) is 4.14. The summed E-state index contributed by atoms with van der Waals surface area (Å²) in [6.45, 7) is 1.78. The van der Waals surface area contributed by atoms with Gasteiger partial charge in [-0.3, -0.25) is 9.78 Å². The van der Waals surface area contributed by atoms with E-state index < -0.39 is 5.91 Å². The van der Waals surface area contributed by atoms with Gasteiger partial charge in [0.05, 0.1) is 11.3 Å². The molecule has 0 fully saturated rings. The van der Waals surface area contributed by atoms with E-state index in [1.165, 1.54) is 0 Å². The first-order chi connectivity index (χ1) is 7.70. The van der Waals surface area contributed by atoms with Gasteiger partial charge < -0.3 is 5.73 Å². The highest BCUT2D eigenvalue weighted by molar-refractivity contribution is 6.00. The van der Waals surface area contributed by atoms with Crippen LogP contribution in [0.25, 0.3) is 11.1 Å². The Kier molecular flexibility index (Phi) is 2.68. The number of carbonyl (C=O) groups is 1. The minimum atomic E-state index is -0.440. The number of hydrogen-bond acceptors (Lipinski definition) is 2. The molecule has 2 aromatic rings. The molecule has 0 saturated heterocycles. The first-order valence-corrected chi connectivity index (χ1v) is 5.01. The van der Waals surface area contributed by atoms with Crippen LogP contribution in [0.5, 0.6) is 0 Å². The number of carbonyl (C=O) groups excluding carboxylic acids is 1. The van der Waals surface area contributed by atoms with Crippen molar-refractivity contribution in [2.45, 2.75) is 6.92 Å². The van der Waals surface area contributed by atoms with Crippen LogP contribution in [0, 0.1) is 6.92 Å². The summed E-state index contributed by atoms with van der Waals surface area (Å²) in [5, 5.41) is 0. The Morgan fingerprint density at radius 1 is 1.19 bits per heavy atom. The van der Waals surface area contributed by atoms with Crippen molar-refractivity contribution >= 4 is 5.91 Å². The van der Waals surface area contributed by atoms with E-state index in [1.807, 2.05) is 36.4 Å². The molecule has 0 aliphatic carbocycles. The summed E-state index contributed by atoms with van der Waals surface area (Å²) in [7, 11) is 0. The molecule has 3 nitrogen and oxygen atoms in total. The Labute approximate surface area is 93.9 Å². The Hall–Kier alpha value is -2.16. The monoisotopic (exact) mass is 212 g/mol. The first-order valence-electron chi connectivity index (χ1n) is 5.01. The van der Waals surface area contributed by atoms with E-state index in [0.29, 0.717) is 11.3 Å². The number of benzene rings is 1. The van der Waals surface area contributed by atoms with Gasteiger partial charge in [-0.1, -0.05) is 30.3 Å². The second-order valence-corrected chi connectivity index (χ2v) is 3.55. The number of amides is 1. The van der Waals surface area contributed by atoms with Crippen molar-refractivity contribution in [3.63, 3.8) is 0 Å². The van der Waals surface area contributed by atoms with E-state index in [2.05, 4.69) is 4.98 Å². The minimum Gasteiger partial charge on any atom is -0.366 e. The molecule has 16 heavy (non-hydrogen) atoms. The van der Waals surface area contributed by atoms with Crippen molar-refractivity contribution in [2.75, 3.05) is 0 Å². The molecule has 80 valence electrons. The summed E-state index contributed by atoms with van der Waals surface area (Å²) >= 11 is 0. The lowest BCUT2D eigenvalue weighted by atomic mass is 9.99. The number of aromatic nitrogens is 1. The molecule has 0 saturated carbocycles. The van der Waals surface area contributed by atoms with Crippen LogP contribution in [-0.4, -0.2) is 10.9 Å². The Morgan fingerprint density at radius 3 is 2.50 bits per heavy atom. The summed E-state index contributed by atoms with van der Waals surface area (Å²) in [6.07, 6.45) is 1.68. The number of nitrogens with two attached hydrogens (primary N) is 1. The Bertz CT molecular complexity index is 521. The molecule has 3 heteroatoms. The topological polar surface area (TPSA) is 56.0 Å². The highest BCUT2D eigenvalue weighted by Crippen LogP contribution is 2.24. The molecule has 0 atom stereocenters. The lowest BCUT2D eigenvalue weighted by molar-refractivity contribution is 0.1000. The maximum atomic E-state index is 11.4. The van der Waals surface area contributed by atoms with Crippen molar-refractivity contribution in [2.24, 2.45) is 5.73 Å². The van der Waals surface area contributed by atoms with Crippen LogP contribution in [0.3, 0.4) is 0 Å². The summed E-state index contributed by atoms with van der Waals surface area (Å²) in [4.78, 5) is 15.5. The highest BCUT2D eigenvalue weighted by atomic mass is 16.1. The van der Waals surface area contributed by atoms with Crippen LogP contribution in [0.4, 0.5) is 0 Å². The largest absolute Gasteiger partial charge is 0.366 e. The Balaban J connectivity index is 2.66. The van der Waals surface area contributed by atoms with Gasteiger partial charge in [-0.25, -0.2) is 0 Å². The first kappa shape index (κ1) is 10.4. The molecule has 0 bridgehead atoms. The SMILES string of the molecule is Cc1nccc(-c2ccccc2)c1C(N)=O. The van der Waals surface area contributed by atoms with E-state index in [0.717, 1.165) is 11.1 Å². The molecule has 0 spiro atoms. The molecule has 2 rings (SSSR count). The standard InChI is InChI=1S/C13H12N2O/c1-9-12(13(14)16)11(7-8-15-9)10-5-3-2-4-6-10/h2-8H,1H3,(H2,14,16). The van der Waals surface area contributed by atoms with E-state index in [-0.39, 0.29) is 0 Å². The molecule has 0 aliphatic rings. The fraction of sp³-hybridized carbons (Fsp3) is 0.0769. The van der Waals surface area contributed by atoms with Gasteiger partial charge in [0.2, 0.25) is 0 Å². The fourth-order valence-electron chi connectivity index (χ4n) is 1.74. The maximum absolute atomic E-state index is 11.4. The van der Waals surface area contributed by atoms with E-state index >= 15 is 0 Å². The summed E-state index contributed by atoms with van der Waals surface area (Å²) in [5.74, 6) is -0.440. The van der Waals surface area contributed by atoms with Gasteiger partial charge in [0, 0.05) is 6.20 Å². The molecular weight excluding hydrogens is 200 g/mol. The van der Waals surface area contributed by atoms with Crippen LogP contribution < -0.4 is 5.73 Å². The van der Waals surface area contributed by atoms with Crippen LogP contribution in [0.1, 0.15) is 16.1 Å². The third kappa shape index (κ3) is 1.80. The zero-order valence-electron chi connectivity index (χ0n) is 8.97. The summed E-state index contributed by atoms with van der Waals surface area (Å²) in [6, 6.07) is 11.5. The van der Waals surface area contributed by atoms with Crippen LogP contribution >= 0.6 is 0 Å². The molecular formula is C13H12N2O. The molecule has 0 radical (unpaired) electrons. The second-order valence-electron chi connectivity index (χ2n) is 3.55. The van der Waals surface area contributed by atoms with Gasteiger partial charge in [0.15, 0.2) is 0 Å². The Morgan fingerprint density at radius 2 is 1.88 bits per heavy atom. The zero-order valence-corrected chi connectivity index (χ0v) is 8.97. The minimum absolute atomic E-state index is 0.440. The zero-order chi connectivity index (χ0) is 11.5. The van der Waals surface area contributed by atoms with Crippen LogP contribution in [-0.2, 0) is 0 Å². The van der Waals surface area contributed by atoms with Gasteiger partial charge in [0.1, 0.15) is 0 Å². The molecule has 1 heterocycles. The van der Waals surface area contributed by atoms with Crippen molar-refractivity contribution in [3.8, 4) is 11.1 Å². The third-order valence-corrected chi connectivity index (χ3v) is 2.47. The molecule has 1 aromatic carbocycles. The number of rotatable bonds is 2. The lowest BCUT2D eigenvalue weighted by Gasteiger charge is -2.08. The van der Waals surface area contributed by atoms with Crippen LogP contribution in [0.2, 0.25) is 0 Å². The molecule has 0 aliphatic heterocycles. The van der Waals surface area contributed by atoms with Crippen molar-refractivity contribution < 1.29 is 4.79 Å². The van der Waals surface area contributed by atoms with Crippen molar-refractivity contribution in [3.05, 3.63) is 53.9 Å². The molecule has 1 amide bonds. The van der Waals surface area contributed by atoms with Crippen LogP contribution in [0.15, 0.2) is 42.6 Å². The lowest BCUT2D eigenvalue weighted by Crippen LogP contribution is -2.15. The van der Waals surface area contributed by atoms with E-state index in [9.17, 15) is 4.79 Å². The van der Waals surface area contributed by atoms with Gasteiger partial charge in [-0.15, -0.1) is 0 Å². The van der Waals surface area contributed by atoms with E-state index in [1.54, 1.807) is 13.1 Å². The fourth-order valence-corrected chi connectivity index (χ4v) is 1.74. The van der Waals surface area contributed by atoms with Crippen molar-refractivity contribution in [1.82, 2.24) is 4.98 Å². The molecule has 0 unspecified atom stereocenters. The summed E-state index contributed by atoms with van der Waals surface area (Å²) in [5.41, 5.74) is 8.34. The third-order valence-electron chi connectivity index (χ3n) is 2.47. The van der Waals surface area contributed by atoms with Gasteiger partial charge in [0.25, 0.3) is 5.91 Å². The number of nitrogens with zero attached hydrogens (tertiary/aromatic N) is 1.